The van der Waals surface area contributed by atoms with Crippen LogP contribution in [0.1, 0.15) is 15.9 Å². The van der Waals surface area contributed by atoms with Crippen LogP contribution in [-0.2, 0) is 10.5 Å². The molecule has 0 unspecified atom stereocenters. The van der Waals surface area contributed by atoms with E-state index in [-0.39, 0.29) is 29.1 Å². The number of halogens is 1. The molecule has 0 aliphatic heterocycles. The summed E-state index contributed by atoms with van der Waals surface area (Å²) in [5.74, 6) is 0.176. The Labute approximate surface area is 172 Å². The first-order valence-electron chi connectivity index (χ1n) is 8.82. The number of benzene rings is 3. The lowest BCUT2D eigenvalue weighted by atomic mass is 10.1. The molecule has 0 bridgehead atoms. The summed E-state index contributed by atoms with van der Waals surface area (Å²) in [5, 5.41) is 14.9. The zero-order chi connectivity index (χ0) is 20.6. The maximum absolute atomic E-state index is 12.9. The van der Waals surface area contributed by atoms with Crippen LogP contribution in [0.25, 0.3) is 0 Å². The van der Waals surface area contributed by atoms with Gasteiger partial charge in [-0.3, -0.25) is 9.59 Å². The number of nitrogens with one attached hydrogen (secondary N) is 2. The highest BCUT2D eigenvalue weighted by atomic mass is 32.2. The molecule has 148 valence electrons. The SMILES string of the molecule is O=C(CSCc1ccc(C(=O)Nc2cccc(O)c2)cc1)Nc1ccc(F)cc1. The molecule has 0 atom stereocenters. The summed E-state index contributed by atoms with van der Waals surface area (Å²) in [6.07, 6.45) is 0. The molecule has 29 heavy (non-hydrogen) atoms. The fraction of sp³-hybridized carbons (Fsp3) is 0.0909. The largest absolute Gasteiger partial charge is 0.508 e. The summed E-state index contributed by atoms with van der Waals surface area (Å²) < 4.78 is 12.9. The third-order valence-electron chi connectivity index (χ3n) is 3.95. The molecule has 3 rings (SSSR count). The van der Waals surface area contributed by atoms with Crippen LogP contribution in [0.15, 0.2) is 72.8 Å². The molecule has 0 aromatic heterocycles. The minimum absolute atomic E-state index is 0.0821. The summed E-state index contributed by atoms with van der Waals surface area (Å²) in [5.41, 5.74) is 2.55. The Bertz CT molecular complexity index is 992. The van der Waals surface area contributed by atoms with Crippen molar-refractivity contribution in [3.63, 3.8) is 0 Å². The van der Waals surface area contributed by atoms with E-state index < -0.39 is 0 Å². The fourth-order valence-corrected chi connectivity index (χ4v) is 3.32. The number of carbonyl (C=O) groups excluding carboxylic acids is 2. The molecule has 3 N–H and O–H groups in total. The van der Waals surface area contributed by atoms with Gasteiger partial charge in [0.1, 0.15) is 11.6 Å². The van der Waals surface area contributed by atoms with Crippen molar-refractivity contribution in [2.45, 2.75) is 5.75 Å². The molecule has 0 radical (unpaired) electrons. The Kier molecular flexibility index (Phi) is 6.86. The number of rotatable bonds is 7. The van der Waals surface area contributed by atoms with E-state index in [1.165, 1.54) is 48.2 Å². The molecule has 3 aromatic carbocycles. The highest BCUT2D eigenvalue weighted by molar-refractivity contribution is 7.99. The van der Waals surface area contributed by atoms with E-state index in [1.807, 2.05) is 12.1 Å². The van der Waals surface area contributed by atoms with Crippen molar-refractivity contribution < 1.29 is 19.1 Å². The first-order valence-corrected chi connectivity index (χ1v) is 9.97. The second kappa shape index (κ2) is 9.75. The lowest BCUT2D eigenvalue weighted by Gasteiger charge is -2.07. The van der Waals surface area contributed by atoms with Gasteiger partial charge in [0.2, 0.25) is 5.91 Å². The zero-order valence-electron chi connectivity index (χ0n) is 15.4. The fourth-order valence-electron chi connectivity index (χ4n) is 2.53. The third-order valence-corrected chi connectivity index (χ3v) is 4.95. The van der Waals surface area contributed by atoms with Crippen molar-refractivity contribution in [2.24, 2.45) is 0 Å². The van der Waals surface area contributed by atoms with Crippen LogP contribution in [0.2, 0.25) is 0 Å². The summed E-state index contributed by atoms with van der Waals surface area (Å²) in [7, 11) is 0. The number of phenols is 1. The predicted octanol–water partition coefficient (Wildman–Crippen LogP) is 4.66. The van der Waals surface area contributed by atoms with Crippen LogP contribution in [0.5, 0.6) is 5.75 Å². The number of aromatic hydroxyl groups is 1. The van der Waals surface area contributed by atoms with Gasteiger partial charge in [0.15, 0.2) is 0 Å². The Morgan fingerprint density at radius 1 is 0.897 bits per heavy atom. The molecule has 0 saturated heterocycles. The number of hydrogen-bond acceptors (Lipinski definition) is 4. The number of hydrogen-bond donors (Lipinski definition) is 3. The standard InChI is InChI=1S/C22H19FN2O3S/c23-17-8-10-18(11-9-17)24-21(27)14-29-13-15-4-6-16(7-5-15)22(28)25-19-2-1-3-20(26)12-19/h1-12,26H,13-14H2,(H,24,27)(H,25,28). The molecule has 3 aromatic rings. The molecule has 0 heterocycles. The molecule has 0 saturated carbocycles. The Balaban J connectivity index is 1.45. The van der Waals surface area contributed by atoms with Gasteiger partial charge in [-0.2, -0.15) is 0 Å². The van der Waals surface area contributed by atoms with Gasteiger partial charge in [-0.05, 0) is 54.1 Å². The van der Waals surface area contributed by atoms with Gasteiger partial charge in [0, 0.05) is 28.8 Å². The van der Waals surface area contributed by atoms with Crippen molar-refractivity contribution in [1.82, 2.24) is 0 Å². The van der Waals surface area contributed by atoms with Crippen LogP contribution in [0.4, 0.5) is 15.8 Å². The van der Waals surface area contributed by atoms with Crippen molar-refractivity contribution in [1.29, 1.82) is 0 Å². The van der Waals surface area contributed by atoms with Crippen LogP contribution in [0.3, 0.4) is 0 Å². The molecule has 0 aliphatic carbocycles. The molecular weight excluding hydrogens is 391 g/mol. The second-order valence-corrected chi connectivity index (χ2v) is 7.23. The van der Waals surface area contributed by atoms with Crippen LogP contribution >= 0.6 is 11.8 Å². The summed E-state index contributed by atoms with van der Waals surface area (Å²) in [6, 6.07) is 19.1. The first-order chi connectivity index (χ1) is 14.0. The molecule has 2 amide bonds. The van der Waals surface area contributed by atoms with Crippen LogP contribution in [-0.4, -0.2) is 22.7 Å². The molecular formula is C22H19FN2O3S. The van der Waals surface area contributed by atoms with Gasteiger partial charge in [-0.25, -0.2) is 4.39 Å². The molecule has 7 heteroatoms. The minimum Gasteiger partial charge on any atom is -0.508 e. The van der Waals surface area contributed by atoms with Gasteiger partial charge in [-0.1, -0.05) is 18.2 Å². The topological polar surface area (TPSA) is 78.4 Å². The number of phenolic OH excluding ortho intramolecular Hbond substituents is 1. The van der Waals surface area contributed by atoms with E-state index in [0.29, 0.717) is 22.7 Å². The van der Waals surface area contributed by atoms with Crippen molar-refractivity contribution in [3.05, 3.63) is 89.7 Å². The molecule has 0 fully saturated rings. The van der Waals surface area contributed by atoms with Crippen molar-refractivity contribution in [2.75, 3.05) is 16.4 Å². The normalized spacial score (nSPS) is 10.4. The zero-order valence-corrected chi connectivity index (χ0v) is 16.2. The van der Waals surface area contributed by atoms with E-state index >= 15 is 0 Å². The lowest BCUT2D eigenvalue weighted by molar-refractivity contribution is -0.113. The van der Waals surface area contributed by atoms with Crippen LogP contribution < -0.4 is 10.6 Å². The summed E-state index contributed by atoms with van der Waals surface area (Å²) in [6.45, 7) is 0. The highest BCUT2D eigenvalue weighted by Gasteiger charge is 2.07. The molecule has 0 aliphatic rings. The number of amides is 2. The number of carbonyl (C=O) groups is 2. The highest BCUT2D eigenvalue weighted by Crippen LogP contribution is 2.18. The van der Waals surface area contributed by atoms with Gasteiger partial charge in [-0.15, -0.1) is 11.8 Å². The Morgan fingerprint density at radius 3 is 2.31 bits per heavy atom. The van der Waals surface area contributed by atoms with Crippen molar-refractivity contribution >= 4 is 35.0 Å². The monoisotopic (exact) mass is 410 g/mol. The van der Waals surface area contributed by atoms with E-state index in [9.17, 15) is 19.1 Å². The number of anilines is 2. The maximum Gasteiger partial charge on any atom is 0.255 e. The van der Waals surface area contributed by atoms with Gasteiger partial charge in [0.05, 0.1) is 5.75 Å². The Hall–Kier alpha value is -3.32. The average molecular weight is 410 g/mol. The third kappa shape index (κ3) is 6.36. The van der Waals surface area contributed by atoms with Gasteiger partial charge >= 0.3 is 0 Å². The minimum atomic E-state index is -0.351. The number of thioether (sulfide) groups is 1. The van der Waals surface area contributed by atoms with Crippen LogP contribution in [0, 0.1) is 5.82 Å². The van der Waals surface area contributed by atoms with E-state index in [0.717, 1.165) is 5.56 Å². The van der Waals surface area contributed by atoms with Gasteiger partial charge < -0.3 is 15.7 Å². The second-order valence-electron chi connectivity index (χ2n) is 6.25. The van der Waals surface area contributed by atoms with Crippen molar-refractivity contribution in [3.8, 4) is 5.75 Å². The molecule has 0 spiro atoms. The smallest absolute Gasteiger partial charge is 0.255 e. The van der Waals surface area contributed by atoms with E-state index in [4.69, 9.17) is 0 Å². The molecule has 5 nitrogen and oxygen atoms in total. The Morgan fingerprint density at radius 2 is 1.62 bits per heavy atom. The first kappa shape index (κ1) is 20.4. The summed E-state index contributed by atoms with van der Waals surface area (Å²) >= 11 is 1.44. The van der Waals surface area contributed by atoms with Gasteiger partial charge in [0.25, 0.3) is 5.91 Å². The maximum atomic E-state index is 12.9. The van der Waals surface area contributed by atoms with E-state index in [1.54, 1.807) is 24.3 Å². The van der Waals surface area contributed by atoms with E-state index in [2.05, 4.69) is 10.6 Å². The lowest BCUT2D eigenvalue weighted by Crippen LogP contribution is -2.14. The summed E-state index contributed by atoms with van der Waals surface area (Å²) in [4.78, 5) is 24.2. The predicted molar refractivity (Wildman–Crippen MR) is 114 cm³/mol. The average Bonchev–Trinajstić information content (AvgIpc) is 2.70. The quantitative estimate of drug-likeness (QED) is 0.530.